The molecule has 2 fully saturated rings. The maximum absolute atomic E-state index is 13.0. The molecule has 0 aromatic rings. The van der Waals surface area contributed by atoms with Crippen molar-refractivity contribution >= 4 is 11.9 Å². The number of allylic oxidation sites excluding steroid dienone is 10. The Balaban J connectivity index is 1.79. The fourth-order valence-electron chi connectivity index (χ4n) is 8.79. The van der Waals surface area contributed by atoms with Crippen LogP contribution in [0.5, 0.6) is 0 Å². The van der Waals surface area contributed by atoms with Crippen LogP contribution in [0.1, 0.15) is 206 Å². The first-order valence-corrected chi connectivity index (χ1v) is 28.9. The van der Waals surface area contributed by atoms with E-state index in [9.17, 15) is 45.3 Å². The van der Waals surface area contributed by atoms with Crippen LogP contribution in [-0.4, -0.2) is 142 Å². The third-order valence-corrected chi connectivity index (χ3v) is 13.5. The van der Waals surface area contributed by atoms with Gasteiger partial charge < -0.3 is 64.2 Å². The number of carbonyl (C=O) groups is 2. The number of esters is 2. The van der Waals surface area contributed by atoms with E-state index in [2.05, 4.69) is 62.5 Å². The van der Waals surface area contributed by atoms with Gasteiger partial charge in [0.25, 0.3) is 0 Å². The van der Waals surface area contributed by atoms with Gasteiger partial charge in [-0.1, -0.05) is 203 Å². The van der Waals surface area contributed by atoms with Crippen molar-refractivity contribution in [1.29, 1.82) is 0 Å². The van der Waals surface area contributed by atoms with E-state index < -0.39 is 99.3 Å². The molecule has 428 valence electrons. The molecule has 2 saturated heterocycles. The van der Waals surface area contributed by atoms with Gasteiger partial charge in [0.05, 0.1) is 19.8 Å². The van der Waals surface area contributed by atoms with E-state index in [1.165, 1.54) is 116 Å². The number of carbonyl (C=O) groups excluding carboxylic acids is 2. The average Bonchev–Trinajstić information content (AvgIpc) is 3.39. The van der Waals surface area contributed by atoms with Crippen molar-refractivity contribution in [3.8, 4) is 0 Å². The molecule has 11 atom stereocenters. The van der Waals surface area contributed by atoms with Crippen molar-refractivity contribution in [2.45, 2.75) is 274 Å². The predicted octanol–water partition coefficient (Wildman–Crippen LogP) is 9.61. The van der Waals surface area contributed by atoms with Gasteiger partial charge >= 0.3 is 11.9 Å². The molecule has 0 saturated carbocycles. The van der Waals surface area contributed by atoms with E-state index in [1.807, 2.05) is 12.2 Å². The fraction of sp³-hybridized carbons (Fsp3) is 0.797. The van der Waals surface area contributed by atoms with Crippen LogP contribution < -0.4 is 0 Å². The summed E-state index contributed by atoms with van der Waals surface area (Å²) in [6, 6.07) is 0. The molecule has 0 bridgehead atoms. The zero-order valence-corrected chi connectivity index (χ0v) is 45.6. The van der Waals surface area contributed by atoms with Gasteiger partial charge in [-0.15, -0.1) is 0 Å². The zero-order valence-electron chi connectivity index (χ0n) is 45.6. The van der Waals surface area contributed by atoms with Crippen molar-refractivity contribution in [3.63, 3.8) is 0 Å². The Morgan fingerprint density at radius 2 is 0.838 bits per heavy atom. The second-order valence-corrected chi connectivity index (χ2v) is 20.1. The summed E-state index contributed by atoms with van der Waals surface area (Å²) in [5.41, 5.74) is 0. The third kappa shape index (κ3) is 32.1. The molecule has 4 unspecified atom stereocenters. The molecule has 2 rings (SSSR count). The Bertz CT molecular complexity index is 1520. The summed E-state index contributed by atoms with van der Waals surface area (Å²) in [5, 5.41) is 72.2. The lowest BCUT2D eigenvalue weighted by Crippen LogP contribution is -2.61. The number of rotatable bonds is 45. The maximum atomic E-state index is 13.0. The minimum absolute atomic E-state index is 0.0414. The summed E-state index contributed by atoms with van der Waals surface area (Å²) in [4.78, 5) is 25.8. The highest BCUT2D eigenvalue weighted by molar-refractivity contribution is 5.70. The predicted molar refractivity (Wildman–Crippen MR) is 289 cm³/mol. The van der Waals surface area contributed by atoms with E-state index in [0.29, 0.717) is 19.3 Å². The molecule has 7 N–H and O–H groups in total. The first kappa shape index (κ1) is 67.3. The highest BCUT2D eigenvalue weighted by Crippen LogP contribution is 2.27. The van der Waals surface area contributed by atoms with Gasteiger partial charge in [0.2, 0.25) is 0 Å². The molecule has 15 nitrogen and oxygen atoms in total. The van der Waals surface area contributed by atoms with Crippen molar-refractivity contribution in [2.24, 2.45) is 0 Å². The van der Waals surface area contributed by atoms with Gasteiger partial charge in [0.1, 0.15) is 55.4 Å². The summed E-state index contributed by atoms with van der Waals surface area (Å²) in [6.07, 6.45) is 36.8. The minimum Gasteiger partial charge on any atom is -0.462 e. The molecule has 0 amide bonds. The summed E-state index contributed by atoms with van der Waals surface area (Å²) in [5.74, 6) is -1.02. The van der Waals surface area contributed by atoms with Crippen LogP contribution in [-0.2, 0) is 38.0 Å². The number of ether oxygens (including phenoxy) is 6. The second-order valence-electron chi connectivity index (χ2n) is 20.1. The van der Waals surface area contributed by atoms with Gasteiger partial charge in [-0.25, -0.2) is 0 Å². The second kappa shape index (κ2) is 45.2. The standard InChI is InChI=1S/C59H102O15/c1-3-5-7-9-11-13-15-17-19-21-23-25-27-29-31-33-35-37-39-41-50(61)69-44-47(72-51(62)42-40-38-36-34-32-30-28-26-24-22-20-18-16-14-12-10-8-6-4-2)45-70-58-57(68)55(66)53(64)49(74-58)46-71-59-56(67)54(65)52(63)48(43-60)73-59/h12,14,18,20,24,26,30,32,36,38,47-49,52-60,63-68H,3-11,13,15-17,19,21-23,25,27-29,31,33-35,37,39-46H2,1-2H3/b14-12+,20-18+,26-24+,32-30+,38-36+/t47-,48+,49+,52-,53-,54?,55?,56?,57?,58+,59+/m0/s1. The van der Waals surface area contributed by atoms with Crippen molar-refractivity contribution in [2.75, 3.05) is 26.4 Å². The Morgan fingerprint density at radius 1 is 0.432 bits per heavy atom. The number of aliphatic hydroxyl groups excluding tert-OH is 7. The molecule has 0 aromatic heterocycles. The Morgan fingerprint density at radius 3 is 1.32 bits per heavy atom. The largest absolute Gasteiger partial charge is 0.462 e. The molecule has 0 aliphatic carbocycles. The van der Waals surface area contributed by atoms with Crippen molar-refractivity contribution < 1.29 is 73.8 Å². The quantitative estimate of drug-likeness (QED) is 0.0171. The van der Waals surface area contributed by atoms with Crippen LogP contribution in [0.2, 0.25) is 0 Å². The van der Waals surface area contributed by atoms with Crippen molar-refractivity contribution in [3.05, 3.63) is 60.8 Å². The molecule has 74 heavy (non-hydrogen) atoms. The molecule has 0 spiro atoms. The van der Waals surface area contributed by atoms with E-state index in [1.54, 1.807) is 0 Å². The number of hydrogen-bond acceptors (Lipinski definition) is 15. The number of hydrogen-bond donors (Lipinski definition) is 7. The van der Waals surface area contributed by atoms with Crippen LogP contribution in [0.25, 0.3) is 0 Å². The number of unbranched alkanes of at least 4 members (excludes halogenated alkanes) is 21. The van der Waals surface area contributed by atoms with Gasteiger partial charge in [0, 0.05) is 12.8 Å². The lowest BCUT2D eigenvalue weighted by molar-refractivity contribution is -0.332. The summed E-state index contributed by atoms with van der Waals surface area (Å²) < 4.78 is 33.6. The van der Waals surface area contributed by atoms with Crippen LogP contribution >= 0.6 is 0 Å². The molecular formula is C59H102O15. The fourth-order valence-corrected chi connectivity index (χ4v) is 8.79. The van der Waals surface area contributed by atoms with Crippen LogP contribution in [0, 0.1) is 0 Å². The smallest absolute Gasteiger partial charge is 0.306 e. The lowest BCUT2D eigenvalue weighted by Gasteiger charge is -2.42. The Hall–Kier alpha value is -2.80. The van der Waals surface area contributed by atoms with E-state index >= 15 is 0 Å². The van der Waals surface area contributed by atoms with Crippen LogP contribution in [0.15, 0.2) is 60.8 Å². The average molecular weight is 1050 g/mol. The lowest BCUT2D eigenvalue weighted by atomic mass is 9.98. The van der Waals surface area contributed by atoms with Crippen LogP contribution in [0.4, 0.5) is 0 Å². The van der Waals surface area contributed by atoms with E-state index in [4.69, 9.17) is 28.4 Å². The molecular weight excluding hydrogens is 949 g/mol. The number of aliphatic hydroxyl groups is 7. The Labute approximate surface area is 445 Å². The Kier molecular flexibility index (Phi) is 41.2. The molecule has 15 heteroatoms. The molecule has 2 aliphatic heterocycles. The maximum Gasteiger partial charge on any atom is 0.306 e. The zero-order chi connectivity index (χ0) is 53.9. The van der Waals surface area contributed by atoms with E-state index in [0.717, 1.165) is 44.9 Å². The first-order valence-electron chi connectivity index (χ1n) is 28.9. The van der Waals surface area contributed by atoms with Gasteiger partial charge in [-0.3, -0.25) is 9.59 Å². The first-order chi connectivity index (χ1) is 36.0. The third-order valence-electron chi connectivity index (χ3n) is 13.5. The SMILES string of the molecule is CCCCC/C=C/C/C=C/C/C=C/C/C=C/C/C=C/CCC(=O)O[C@@H](COC(=O)CCCCCCCCCCCCCCCCCCCCC)CO[C@@H]1O[C@H](CO[C@@H]2O[C@H](CO)[C@H](O)C(O)C2O)[C@H](O)C(O)C1O. The monoisotopic (exact) mass is 1050 g/mol. The highest BCUT2D eigenvalue weighted by atomic mass is 16.7. The molecule has 0 aromatic carbocycles. The summed E-state index contributed by atoms with van der Waals surface area (Å²) >= 11 is 0. The molecule has 2 aliphatic rings. The highest BCUT2D eigenvalue weighted by Gasteiger charge is 2.47. The topological polar surface area (TPSA) is 231 Å². The minimum atomic E-state index is -1.78. The van der Waals surface area contributed by atoms with Gasteiger partial charge in [-0.05, 0) is 51.4 Å². The van der Waals surface area contributed by atoms with Crippen LogP contribution in [0.3, 0.4) is 0 Å². The van der Waals surface area contributed by atoms with Gasteiger partial charge in [0.15, 0.2) is 18.7 Å². The van der Waals surface area contributed by atoms with Gasteiger partial charge in [-0.2, -0.15) is 0 Å². The summed E-state index contributed by atoms with van der Waals surface area (Å²) in [6.45, 7) is 2.51. The molecule has 0 radical (unpaired) electrons. The van der Waals surface area contributed by atoms with Crippen molar-refractivity contribution in [1.82, 2.24) is 0 Å². The van der Waals surface area contributed by atoms with E-state index in [-0.39, 0.29) is 19.4 Å². The summed E-state index contributed by atoms with van der Waals surface area (Å²) in [7, 11) is 0. The molecule has 2 heterocycles. The normalized spacial score (nSPS) is 25.1.